The third-order valence-electron chi connectivity index (χ3n) is 4.50. The Bertz CT molecular complexity index is 1200. The number of carbonyl (C=O) groups excluding carboxylic acids is 1. The van der Waals surface area contributed by atoms with Crippen LogP contribution in [0.4, 0.5) is 5.69 Å². The number of pyridine rings is 1. The third kappa shape index (κ3) is 3.10. The number of hydrogen-bond donors (Lipinski definition) is 0. The highest BCUT2D eigenvalue weighted by Crippen LogP contribution is 2.22. The standard InChI is InChI=1S/C20H16N3O4/c1-21-12-16(10-14-4-2-3-5-18(14)21)20(24)27-13-22-9-8-15-11-17(23(25)26)6-7-19(15)22/h2-12H,13H2,1H3/q+1. The van der Waals surface area contributed by atoms with Crippen molar-refractivity contribution in [2.75, 3.05) is 0 Å². The molecule has 2 aromatic heterocycles. The number of aryl methyl sites for hydroxylation is 1. The lowest BCUT2D eigenvalue weighted by Gasteiger charge is -2.07. The van der Waals surface area contributed by atoms with E-state index in [-0.39, 0.29) is 12.4 Å². The third-order valence-corrected chi connectivity index (χ3v) is 4.50. The minimum atomic E-state index is -0.434. The zero-order valence-electron chi connectivity index (χ0n) is 14.5. The van der Waals surface area contributed by atoms with E-state index in [1.54, 1.807) is 35.2 Å². The molecule has 4 rings (SSSR count). The Morgan fingerprint density at radius 3 is 2.78 bits per heavy atom. The van der Waals surface area contributed by atoms with Gasteiger partial charge in [-0.3, -0.25) is 10.1 Å². The molecule has 0 radical (unpaired) electrons. The van der Waals surface area contributed by atoms with Gasteiger partial charge in [-0.25, -0.2) is 9.36 Å². The molecule has 0 amide bonds. The van der Waals surface area contributed by atoms with Gasteiger partial charge in [-0.1, -0.05) is 12.1 Å². The molecule has 0 fully saturated rings. The molecule has 0 saturated heterocycles. The van der Waals surface area contributed by atoms with Gasteiger partial charge >= 0.3 is 5.97 Å². The van der Waals surface area contributed by atoms with Gasteiger partial charge in [0.15, 0.2) is 12.9 Å². The summed E-state index contributed by atoms with van der Waals surface area (Å²) < 4.78 is 9.06. The lowest BCUT2D eigenvalue weighted by atomic mass is 10.1. The van der Waals surface area contributed by atoms with E-state index in [0.717, 1.165) is 21.8 Å². The zero-order chi connectivity index (χ0) is 19.0. The number of ether oxygens (including phenoxy) is 1. The monoisotopic (exact) mass is 362 g/mol. The van der Waals surface area contributed by atoms with Gasteiger partial charge in [0.25, 0.3) is 5.69 Å². The van der Waals surface area contributed by atoms with Crippen LogP contribution in [0.2, 0.25) is 0 Å². The number of non-ortho nitro benzene ring substituents is 1. The summed E-state index contributed by atoms with van der Waals surface area (Å²) in [7, 11) is 1.88. The smallest absolute Gasteiger partial charge is 0.345 e. The van der Waals surface area contributed by atoms with Gasteiger partial charge in [0.1, 0.15) is 12.6 Å². The highest BCUT2D eigenvalue weighted by molar-refractivity contribution is 5.92. The Kier molecular flexibility index (Phi) is 4.04. The van der Waals surface area contributed by atoms with Crippen LogP contribution < -0.4 is 4.57 Å². The average molecular weight is 362 g/mol. The van der Waals surface area contributed by atoms with Gasteiger partial charge in [-0.2, -0.15) is 0 Å². The molecule has 27 heavy (non-hydrogen) atoms. The molecule has 7 heteroatoms. The number of fused-ring (bicyclic) bond motifs is 2. The predicted molar refractivity (Wildman–Crippen MR) is 99.1 cm³/mol. The highest BCUT2D eigenvalue weighted by Gasteiger charge is 2.15. The van der Waals surface area contributed by atoms with E-state index in [1.807, 2.05) is 35.9 Å². The second-order valence-electron chi connectivity index (χ2n) is 6.25. The lowest BCUT2D eigenvalue weighted by Crippen LogP contribution is -2.30. The van der Waals surface area contributed by atoms with Crippen molar-refractivity contribution in [3.05, 3.63) is 82.7 Å². The molecule has 0 aliphatic rings. The first-order valence-corrected chi connectivity index (χ1v) is 8.32. The Balaban J connectivity index is 1.56. The SMILES string of the molecule is C[n+]1cc(C(=O)OCn2ccc3cc([N+](=O)[O-])ccc32)cc2ccccc21. The zero-order valence-corrected chi connectivity index (χ0v) is 14.5. The van der Waals surface area contributed by atoms with Crippen LogP contribution in [0.1, 0.15) is 10.4 Å². The summed E-state index contributed by atoms with van der Waals surface area (Å²) >= 11 is 0. The molecule has 0 aliphatic carbocycles. The number of para-hydroxylation sites is 1. The molecule has 4 aromatic rings. The Labute approximate surface area is 154 Å². The minimum Gasteiger partial charge on any atom is -0.440 e. The largest absolute Gasteiger partial charge is 0.440 e. The summed E-state index contributed by atoms with van der Waals surface area (Å²) in [5, 5.41) is 12.5. The van der Waals surface area contributed by atoms with Crippen molar-refractivity contribution in [3.63, 3.8) is 0 Å². The van der Waals surface area contributed by atoms with Crippen LogP contribution in [0.15, 0.2) is 67.0 Å². The topological polar surface area (TPSA) is 78.2 Å². The number of nitro groups is 1. The van der Waals surface area contributed by atoms with Gasteiger partial charge in [-0.05, 0) is 24.3 Å². The number of nitro benzene ring substituents is 1. The van der Waals surface area contributed by atoms with Crippen LogP contribution >= 0.6 is 0 Å². The molecule has 0 spiro atoms. The van der Waals surface area contributed by atoms with Gasteiger partial charge in [0, 0.05) is 35.2 Å². The average Bonchev–Trinajstić information content (AvgIpc) is 3.08. The molecule has 0 bridgehead atoms. The van der Waals surface area contributed by atoms with Crippen LogP contribution in [0, 0.1) is 10.1 Å². The summed E-state index contributed by atoms with van der Waals surface area (Å²) in [5.74, 6) is -0.430. The summed E-state index contributed by atoms with van der Waals surface area (Å²) in [6.45, 7) is 0.0245. The fraction of sp³-hybridized carbons (Fsp3) is 0.100. The maximum absolute atomic E-state index is 12.5. The molecule has 134 valence electrons. The van der Waals surface area contributed by atoms with Crippen molar-refractivity contribution in [2.45, 2.75) is 6.73 Å². The fourth-order valence-electron chi connectivity index (χ4n) is 3.15. The van der Waals surface area contributed by atoms with Crippen molar-refractivity contribution in [3.8, 4) is 0 Å². The first-order valence-electron chi connectivity index (χ1n) is 8.32. The van der Waals surface area contributed by atoms with Crippen molar-refractivity contribution in [1.82, 2.24) is 4.57 Å². The lowest BCUT2D eigenvalue weighted by molar-refractivity contribution is -0.645. The molecule has 0 saturated carbocycles. The van der Waals surface area contributed by atoms with E-state index in [0.29, 0.717) is 5.56 Å². The van der Waals surface area contributed by atoms with Crippen molar-refractivity contribution in [1.29, 1.82) is 0 Å². The van der Waals surface area contributed by atoms with Crippen LogP contribution in [-0.4, -0.2) is 15.5 Å². The summed E-state index contributed by atoms with van der Waals surface area (Å²) in [6, 6.07) is 15.9. The van der Waals surface area contributed by atoms with E-state index < -0.39 is 10.9 Å². The van der Waals surface area contributed by atoms with Crippen LogP contribution in [0.3, 0.4) is 0 Å². The van der Waals surface area contributed by atoms with Crippen LogP contribution in [0.25, 0.3) is 21.8 Å². The maximum Gasteiger partial charge on any atom is 0.345 e. The van der Waals surface area contributed by atoms with E-state index in [2.05, 4.69) is 0 Å². The second-order valence-corrected chi connectivity index (χ2v) is 6.25. The molecule has 2 heterocycles. The molecule has 0 N–H and O–H groups in total. The van der Waals surface area contributed by atoms with Crippen LogP contribution in [-0.2, 0) is 18.5 Å². The molecule has 2 aromatic carbocycles. The summed E-state index contributed by atoms with van der Waals surface area (Å²) in [4.78, 5) is 22.9. The van der Waals surface area contributed by atoms with Crippen molar-refractivity contribution in [2.24, 2.45) is 7.05 Å². The van der Waals surface area contributed by atoms with Gasteiger partial charge < -0.3 is 9.30 Å². The molecule has 7 nitrogen and oxygen atoms in total. The number of rotatable bonds is 4. The van der Waals surface area contributed by atoms with E-state index in [4.69, 9.17) is 4.74 Å². The van der Waals surface area contributed by atoms with Crippen molar-refractivity contribution < 1.29 is 19.0 Å². The quantitative estimate of drug-likeness (QED) is 0.241. The first-order chi connectivity index (χ1) is 13.0. The number of aromatic nitrogens is 2. The number of nitrogens with zero attached hydrogens (tertiary/aromatic N) is 3. The van der Waals surface area contributed by atoms with E-state index in [9.17, 15) is 14.9 Å². The molecule has 0 unspecified atom stereocenters. The summed E-state index contributed by atoms with van der Waals surface area (Å²) in [6.07, 6.45) is 3.48. The molecular formula is C20H16N3O4+. The molecule has 0 atom stereocenters. The van der Waals surface area contributed by atoms with E-state index in [1.165, 1.54) is 12.1 Å². The normalized spacial score (nSPS) is 11.0. The Hall–Kier alpha value is -3.74. The molecular weight excluding hydrogens is 346 g/mol. The van der Waals surface area contributed by atoms with Gasteiger partial charge in [-0.15, -0.1) is 0 Å². The van der Waals surface area contributed by atoms with Crippen LogP contribution in [0.5, 0.6) is 0 Å². The summed E-state index contributed by atoms with van der Waals surface area (Å²) in [5.41, 5.74) is 2.27. The highest BCUT2D eigenvalue weighted by atomic mass is 16.6. The Morgan fingerprint density at radius 2 is 1.96 bits per heavy atom. The number of hydrogen-bond acceptors (Lipinski definition) is 4. The Morgan fingerprint density at radius 1 is 1.15 bits per heavy atom. The van der Waals surface area contributed by atoms with E-state index >= 15 is 0 Å². The van der Waals surface area contributed by atoms with Gasteiger partial charge in [0.05, 0.1) is 10.4 Å². The number of esters is 1. The fourth-order valence-corrected chi connectivity index (χ4v) is 3.15. The maximum atomic E-state index is 12.5. The van der Waals surface area contributed by atoms with Crippen molar-refractivity contribution >= 4 is 33.5 Å². The minimum absolute atomic E-state index is 0.0245. The first kappa shape index (κ1) is 16.7. The second kappa shape index (κ2) is 6.53. The number of benzene rings is 2. The predicted octanol–water partition coefficient (Wildman–Crippen LogP) is 3.34. The molecule has 0 aliphatic heterocycles. The van der Waals surface area contributed by atoms with Gasteiger partial charge in [0.2, 0.25) is 5.52 Å². The number of carbonyl (C=O) groups is 1.